The number of anilines is 2. The quantitative estimate of drug-likeness (QED) is 0.491. The first kappa shape index (κ1) is 18.6. The van der Waals surface area contributed by atoms with Gasteiger partial charge in [-0.05, 0) is 0 Å². The van der Waals surface area contributed by atoms with Gasteiger partial charge in [0, 0.05) is 0 Å². The number of rotatable bonds is 3. The molecule has 0 saturated carbocycles. The van der Waals surface area contributed by atoms with Gasteiger partial charge in [0.05, 0.1) is 0 Å². The summed E-state index contributed by atoms with van der Waals surface area (Å²) in [5, 5.41) is 0.773. The topological polar surface area (TPSA) is 77.8 Å². The van der Waals surface area contributed by atoms with Gasteiger partial charge in [0.15, 0.2) is 0 Å². The van der Waals surface area contributed by atoms with E-state index in [-0.39, 0.29) is 17.9 Å². The summed E-state index contributed by atoms with van der Waals surface area (Å²) in [6.07, 6.45) is 0.0305. The van der Waals surface area contributed by atoms with Gasteiger partial charge in [-0.15, -0.1) is 0 Å². The molecule has 0 bridgehead atoms. The predicted octanol–water partition coefficient (Wildman–Crippen LogP) is 6.44. The normalized spacial score (nSPS) is 13.6. The van der Waals surface area contributed by atoms with Crippen LogP contribution in [0.5, 0.6) is 0 Å². The predicted molar refractivity (Wildman–Crippen MR) is 103 cm³/mol. The zero-order valence-electron chi connectivity index (χ0n) is 10.7. The van der Waals surface area contributed by atoms with Crippen LogP contribution >= 0.6 is 75.8 Å². The average Bonchev–Trinajstić information content (AvgIpc) is 2.29. The van der Waals surface area contributed by atoms with E-state index in [2.05, 4.69) is 25.5 Å². The molecule has 4 N–H and O–H groups in total. The number of aromatic nitrogens is 2. The van der Waals surface area contributed by atoms with Crippen LogP contribution in [0.1, 0.15) is 5.69 Å². The second kappa shape index (κ2) is 6.29. The molecule has 4 nitrogen and oxygen atoms in total. The van der Waals surface area contributed by atoms with Crippen LogP contribution in [0.4, 0.5) is 11.8 Å². The van der Waals surface area contributed by atoms with E-state index < -0.39 is 3.36 Å². The molecule has 0 saturated heterocycles. The van der Waals surface area contributed by atoms with Gasteiger partial charge in [0.2, 0.25) is 0 Å². The molecule has 0 atom stereocenters. The summed E-state index contributed by atoms with van der Waals surface area (Å²) in [4.78, 5) is 8.11. The molecule has 0 aliphatic rings. The summed E-state index contributed by atoms with van der Waals surface area (Å²) >= 11 is 33.5. The molecule has 0 fully saturated rings. The second-order valence-corrected chi connectivity index (χ2v) is 23.9. The standard InChI is InChI=1S/C11H9BrCl5N4P/c12-22(15,16,17)4-8-9(10(18)21-11(19)20-8)5-1-2-6(13)7(14)3-5/h1-3H,4H2,(H4,18,19,20,21). The first-order valence-corrected chi connectivity index (χ1v) is 13.6. The van der Waals surface area contributed by atoms with Crippen molar-refractivity contribution in [2.24, 2.45) is 0 Å². The van der Waals surface area contributed by atoms with Crippen LogP contribution in [-0.4, -0.2) is 9.97 Å². The van der Waals surface area contributed by atoms with E-state index in [4.69, 9.17) is 68.4 Å². The van der Waals surface area contributed by atoms with E-state index in [0.29, 0.717) is 26.9 Å². The van der Waals surface area contributed by atoms with Crippen molar-refractivity contribution in [3.05, 3.63) is 33.9 Å². The number of benzene rings is 1. The van der Waals surface area contributed by atoms with Crippen LogP contribution in [0.3, 0.4) is 0 Å². The van der Waals surface area contributed by atoms with Crippen molar-refractivity contribution in [2.45, 2.75) is 6.16 Å². The van der Waals surface area contributed by atoms with Crippen LogP contribution in [0, 0.1) is 0 Å². The number of halogens is 6. The van der Waals surface area contributed by atoms with Gasteiger partial charge >= 0.3 is 160 Å². The maximum atomic E-state index is 6.13. The Morgan fingerprint density at radius 1 is 1.05 bits per heavy atom. The molecule has 2 aromatic rings. The molecule has 0 spiro atoms. The van der Waals surface area contributed by atoms with E-state index in [1.54, 1.807) is 18.2 Å². The van der Waals surface area contributed by atoms with Crippen molar-refractivity contribution in [3.8, 4) is 11.1 Å². The van der Waals surface area contributed by atoms with Gasteiger partial charge in [0.1, 0.15) is 0 Å². The Hall–Kier alpha value is 0.260. The Morgan fingerprint density at radius 3 is 2.23 bits per heavy atom. The molecular weight excluding hydrogens is 476 g/mol. The zero-order chi connectivity index (χ0) is 16.7. The van der Waals surface area contributed by atoms with Crippen molar-refractivity contribution in [1.82, 2.24) is 9.97 Å². The summed E-state index contributed by atoms with van der Waals surface area (Å²) in [6, 6.07) is 5.00. The Bertz CT molecular complexity index is 740. The van der Waals surface area contributed by atoms with E-state index in [1.807, 2.05) is 0 Å². The fourth-order valence-corrected chi connectivity index (χ4v) is 4.56. The molecule has 11 heteroatoms. The first-order valence-electron chi connectivity index (χ1n) is 5.68. The Balaban J connectivity index is 2.66. The van der Waals surface area contributed by atoms with Crippen molar-refractivity contribution >= 4 is 87.5 Å². The first-order chi connectivity index (χ1) is 9.92. The average molecular weight is 485 g/mol. The fraction of sp³-hybridized carbons (Fsp3) is 0.0909. The molecule has 22 heavy (non-hydrogen) atoms. The third-order valence-corrected chi connectivity index (χ3v) is 5.97. The minimum absolute atomic E-state index is 0.00535. The third-order valence-electron chi connectivity index (χ3n) is 2.63. The second-order valence-electron chi connectivity index (χ2n) is 4.44. The fourth-order valence-electron chi connectivity index (χ4n) is 1.85. The number of nitrogen functional groups attached to an aromatic ring is 2. The van der Waals surface area contributed by atoms with Gasteiger partial charge in [-0.3, -0.25) is 0 Å². The van der Waals surface area contributed by atoms with Crippen molar-refractivity contribution in [1.29, 1.82) is 0 Å². The van der Waals surface area contributed by atoms with Gasteiger partial charge in [-0.25, -0.2) is 0 Å². The molecular formula is C11H9BrCl5N4P. The van der Waals surface area contributed by atoms with Crippen LogP contribution < -0.4 is 11.5 Å². The van der Waals surface area contributed by atoms with Crippen LogP contribution in [0.15, 0.2) is 18.2 Å². The Morgan fingerprint density at radius 2 is 1.68 bits per heavy atom. The maximum absolute atomic E-state index is 6.13. The van der Waals surface area contributed by atoms with Gasteiger partial charge in [-0.2, -0.15) is 0 Å². The Kier molecular flexibility index (Phi) is 5.31. The minimum atomic E-state index is -3.63. The van der Waals surface area contributed by atoms with Gasteiger partial charge < -0.3 is 0 Å². The van der Waals surface area contributed by atoms with Crippen molar-refractivity contribution in [3.63, 3.8) is 0 Å². The summed E-state index contributed by atoms with van der Waals surface area (Å²) in [5.74, 6) is 0.160. The number of nitrogens with zero attached hydrogens (tertiary/aromatic N) is 2. The molecule has 120 valence electrons. The van der Waals surface area contributed by atoms with E-state index in [0.717, 1.165) is 0 Å². The van der Waals surface area contributed by atoms with Crippen LogP contribution in [-0.2, 0) is 6.16 Å². The molecule has 1 aromatic heterocycles. The molecule has 0 aliphatic carbocycles. The number of nitrogens with two attached hydrogens (primary N) is 2. The van der Waals surface area contributed by atoms with Crippen molar-refractivity contribution < 1.29 is 0 Å². The molecule has 0 amide bonds. The number of hydrogen-bond acceptors (Lipinski definition) is 4. The van der Waals surface area contributed by atoms with E-state index in [9.17, 15) is 0 Å². The molecule has 2 rings (SSSR count). The van der Waals surface area contributed by atoms with E-state index >= 15 is 0 Å². The molecule has 0 aliphatic heterocycles. The summed E-state index contributed by atoms with van der Waals surface area (Å²) in [6.45, 7) is 0. The Labute approximate surface area is 159 Å². The molecule has 1 heterocycles. The zero-order valence-corrected chi connectivity index (χ0v) is 17.0. The van der Waals surface area contributed by atoms with Gasteiger partial charge in [0.25, 0.3) is 0 Å². The summed E-state index contributed by atoms with van der Waals surface area (Å²) in [7, 11) is 0. The van der Waals surface area contributed by atoms with Gasteiger partial charge in [-0.1, -0.05) is 0 Å². The SMILES string of the molecule is Nc1nc(N)c(-c2ccc(Cl)c(Cl)c2)c(CP(Cl)(Cl)(Cl)Br)n1. The van der Waals surface area contributed by atoms with Crippen LogP contribution in [0.25, 0.3) is 11.1 Å². The molecule has 0 unspecified atom stereocenters. The third kappa shape index (κ3) is 4.88. The molecule has 0 radical (unpaired) electrons. The molecule has 1 aromatic carbocycles. The van der Waals surface area contributed by atoms with Crippen LogP contribution in [0.2, 0.25) is 10.0 Å². The summed E-state index contributed by atoms with van der Waals surface area (Å²) < 4.78 is -3.63. The summed E-state index contributed by atoms with van der Waals surface area (Å²) in [5.41, 5.74) is 13.2. The van der Waals surface area contributed by atoms with E-state index in [1.165, 1.54) is 0 Å². The number of hydrogen-bond donors (Lipinski definition) is 2. The van der Waals surface area contributed by atoms with Crippen molar-refractivity contribution in [2.75, 3.05) is 11.5 Å². The monoisotopic (exact) mass is 482 g/mol.